The van der Waals surface area contributed by atoms with Crippen LogP contribution in [0.3, 0.4) is 0 Å². The second kappa shape index (κ2) is 6.57. The lowest BCUT2D eigenvalue weighted by Crippen LogP contribution is -2.04. The lowest BCUT2D eigenvalue weighted by atomic mass is 10.1. The predicted octanol–water partition coefficient (Wildman–Crippen LogP) is 3.64. The third-order valence-electron chi connectivity index (χ3n) is 2.37. The van der Waals surface area contributed by atoms with Crippen molar-refractivity contribution < 1.29 is 4.79 Å². The molecule has 1 aromatic heterocycles. The largest absolute Gasteiger partial charge is 0.289 e. The lowest BCUT2D eigenvalue weighted by molar-refractivity contribution is 0.103. The molecule has 0 amide bonds. The van der Waals surface area contributed by atoms with Gasteiger partial charge in [-0.15, -0.1) is 23.4 Å². The lowest BCUT2D eigenvalue weighted by Gasteiger charge is -2.06. The first-order chi connectivity index (χ1) is 8.83. The van der Waals surface area contributed by atoms with E-state index in [1.165, 1.54) is 11.8 Å². The van der Waals surface area contributed by atoms with Crippen LogP contribution in [0.2, 0.25) is 0 Å². The van der Waals surface area contributed by atoms with Crippen LogP contribution in [0.1, 0.15) is 15.9 Å². The van der Waals surface area contributed by atoms with Gasteiger partial charge in [-0.3, -0.25) is 4.79 Å². The number of aromatic nitrogens is 1. The summed E-state index contributed by atoms with van der Waals surface area (Å²) in [5.74, 6) is 1.29. The van der Waals surface area contributed by atoms with Crippen LogP contribution in [0.15, 0.2) is 53.7 Å². The van der Waals surface area contributed by atoms with E-state index in [0.717, 1.165) is 10.8 Å². The van der Waals surface area contributed by atoms with Crippen LogP contribution in [0.5, 0.6) is 0 Å². The fourth-order valence-electron chi connectivity index (χ4n) is 1.56. The number of carbonyl (C=O) groups excluding carboxylic acids is 1. The summed E-state index contributed by atoms with van der Waals surface area (Å²) in [5, 5.41) is 0.743. The van der Waals surface area contributed by atoms with Gasteiger partial charge in [-0.1, -0.05) is 30.3 Å². The minimum absolute atomic E-state index is 0.000715. The topological polar surface area (TPSA) is 30.0 Å². The molecule has 0 saturated heterocycles. The van der Waals surface area contributed by atoms with E-state index in [2.05, 4.69) is 4.98 Å². The van der Waals surface area contributed by atoms with Crippen molar-refractivity contribution in [1.29, 1.82) is 0 Å². The molecule has 0 aliphatic heterocycles. The van der Waals surface area contributed by atoms with Crippen molar-refractivity contribution in [2.75, 3.05) is 11.6 Å². The molecule has 0 bridgehead atoms. The van der Waals surface area contributed by atoms with Crippen LogP contribution < -0.4 is 0 Å². The zero-order valence-corrected chi connectivity index (χ0v) is 11.2. The molecule has 0 N–H and O–H groups in total. The summed E-state index contributed by atoms with van der Waals surface area (Å²) < 4.78 is 0. The molecule has 0 fully saturated rings. The number of pyridine rings is 1. The number of alkyl halides is 1. The number of rotatable bonds is 5. The van der Waals surface area contributed by atoms with Gasteiger partial charge in [0.05, 0.1) is 5.56 Å². The maximum absolute atomic E-state index is 12.3. The Hall–Kier alpha value is -1.32. The first kappa shape index (κ1) is 13.1. The summed E-state index contributed by atoms with van der Waals surface area (Å²) >= 11 is 7.17. The normalized spacial score (nSPS) is 10.3. The zero-order chi connectivity index (χ0) is 12.8. The number of thioether (sulfide) groups is 1. The number of ketones is 1. The van der Waals surface area contributed by atoms with Gasteiger partial charge < -0.3 is 0 Å². The second-order valence-corrected chi connectivity index (χ2v) is 5.05. The standard InChI is InChI=1S/C14H12ClNOS/c15-8-10-18-14-12(7-4-9-16-14)13(17)11-5-2-1-3-6-11/h1-7,9H,8,10H2. The molecule has 92 valence electrons. The van der Waals surface area contributed by atoms with Crippen LogP contribution in [0, 0.1) is 0 Å². The van der Waals surface area contributed by atoms with E-state index in [-0.39, 0.29) is 5.78 Å². The molecule has 0 atom stereocenters. The Bertz CT molecular complexity index is 530. The Labute approximate surface area is 115 Å². The van der Waals surface area contributed by atoms with Gasteiger partial charge in [0.25, 0.3) is 0 Å². The van der Waals surface area contributed by atoms with Gasteiger partial charge in [-0.2, -0.15) is 0 Å². The van der Waals surface area contributed by atoms with Crippen molar-refractivity contribution in [3.8, 4) is 0 Å². The smallest absolute Gasteiger partial charge is 0.195 e. The molecule has 0 radical (unpaired) electrons. The van der Waals surface area contributed by atoms with E-state index in [9.17, 15) is 4.79 Å². The summed E-state index contributed by atoms with van der Waals surface area (Å²) in [5.41, 5.74) is 1.32. The van der Waals surface area contributed by atoms with Gasteiger partial charge in [0.1, 0.15) is 5.03 Å². The van der Waals surface area contributed by atoms with Crippen LogP contribution in [0.25, 0.3) is 0 Å². The van der Waals surface area contributed by atoms with E-state index in [0.29, 0.717) is 17.0 Å². The summed E-state index contributed by atoms with van der Waals surface area (Å²) in [6.07, 6.45) is 1.69. The number of hydrogen-bond donors (Lipinski definition) is 0. The molecule has 0 unspecified atom stereocenters. The molecule has 0 aliphatic rings. The molecule has 0 saturated carbocycles. The minimum atomic E-state index is 0.000715. The first-order valence-electron chi connectivity index (χ1n) is 5.56. The van der Waals surface area contributed by atoms with Gasteiger partial charge >= 0.3 is 0 Å². The van der Waals surface area contributed by atoms with Crippen molar-refractivity contribution in [2.45, 2.75) is 5.03 Å². The van der Waals surface area contributed by atoms with Crippen molar-refractivity contribution in [1.82, 2.24) is 4.98 Å². The van der Waals surface area contributed by atoms with Gasteiger partial charge in [-0.25, -0.2) is 4.98 Å². The third-order valence-corrected chi connectivity index (χ3v) is 3.79. The highest BCUT2D eigenvalue weighted by atomic mass is 35.5. The fourth-order valence-corrected chi connectivity index (χ4v) is 2.51. The van der Waals surface area contributed by atoms with Gasteiger partial charge in [0.2, 0.25) is 0 Å². The molecule has 0 aliphatic carbocycles. The third kappa shape index (κ3) is 3.12. The Morgan fingerprint density at radius 2 is 1.94 bits per heavy atom. The molecule has 18 heavy (non-hydrogen) atoms. The van der Waals surface area contributed by atoms with E-state index in [1.807, 2.05) is 30.3 Å². The van der Waals surface area contributed by atoms with Crippen molar-refractivity contribution in [3.05, 3.63) is 59.8 Å². The SMILES string of the molecule is O=C(c1ccccc1)c1cccnc1SCCCl. The Morgan fingerprint density at radius 1 is 1.17 bits per heavy atom. The maximum Gasteiger partial charge on any atom is 0.195 e. The molecule has 2 rings (SSSR count). The molecular weight excluding hydrogens is 266 g/mol. The molecule has 4 heteroatoms. The molecule has 0 spiro atoms. The maximum atomic E-state index is 12.3. The van der Waals surface area contributed by atoms with Crippen LogP contribution in [-0.4, -0.2) is 22.4 Å². The Morgan fingerprint density at radius 3 is 2.67 bits per heavy atom. The van der Waals surface area contributed by atoms with E-state index in [4.69, 9.17) is 11.6 Å². The summed E-state index contributed by atoms with van der Waals surface area (Å²) in [6, 6.07) is 12.8. The highest BCUT2D eigenvalue weighted by molar-refractivity contribution is 7.99. The monoisotopic (exact) mass is 277 g/mol. The summed E-state index contributed by atoms with van der Waals surface area (Å²) in [6.45, 7) is 0. The quantitative estimate of drug-likeness (QED) is 0.475. The number of hydrogen-bond acceptors (Lipinski definition) is 3. The van der Waals surface area contributed by atoms with Crippen LogP contribution in [-0.2, 0) is 0 Å². The van der Waals surface area contributed by atoms with Gasteiger partial charge in [0.15, 0.2) is 5.78 Å². The van der Waals surface area contributed by atoms with E-state index >= 15 is 0 Å². The predicted molar refractivity (Wildman–Crippen MR) is 75.6 cm³/mol. The molecule has 1 heterocycles. The van der Waals surface area contributed by atoms with Gasteiger partial charge in [0, 0.05) is 23.4 Å². The Balaban J connectivity index is 2.30. The Kier molecular flexibility index (Phi) is 4.79. The van der Waals surface area contributed by atoms with Crippen molar-refractivity contribution in [2.24, 2.45) is 0 Å². The summed E-state index contributed by atoms with van der Waals surface area (Å²) in [4.78, 5) is 16.6. The number of benzene rings is 1. The minimum Gasteiger partial charge on any atom is -0.289 e. The van der Waals surface area contributed by atoms with Crippen molar-refractivity contribution in [3.63, 3.8) is 0 Å². The van der Waals surface area contributed by atoms with Crippen molar-refractivity contribution >= 4 is 29.1 Å². The van der Waals surface area contributed by atoms with Gasteiger partial charge in [-0.05, 0) is 12.1 Å². The van der Waals surface area contributed by atoms with E-state index in [1.54, 1.807) is 18.3 Å². The molecular formula is C14H12ClNOS. The summed E-state index contributed by atoms with van der Waals surface area (Å²) in [7, 11) is 0. The van der Waals surface area contributed by atoms with Crippen LogP contribution >= 0.6 is 23.4 Å². The molecule has 2 nitrogen and oxygen atoms in total. The highest BCUT2D eigenvalue weighted by Gasteiger charge is 2.13. The first-order valence-corrected chi connectivity index (χ1v) is 7.08. The average Bonchev–Trinajstić information content (AvgIpc) is 2.45. The molecule has 2 aromatic rings. The number of carbonyl (C=O) groups is 1. The number of halogens is 1. The molecule has 1 aromatic carbocycles. The zero-order valence-electron chi connectivity index (χ0n) is 9.67. The highest BCUT2D eigenvalue weighted by Crippen LogP contribution is 2.22. The number of nitrogens with zero attached hydrogens (tertiary/aromatic N) is 1. The second-order valence-electron chi connectivity index (χ2n) is 3.59. The van der Waals surface area contributed by atoms with Crippen LogP contribution in [0.4, 0.5) is 0 Å². The fraction of sp³-hybridized carbons (Fsp3) is 0.143. The van der Waals surface area contributed by atoms with E-state index < -0.39 is 0 Å². The average molecular weight is 278 g/mol.